The van der Waals surface area contributed by atoms with Crippen molar-refractivity contribution in [3.05, 3.63) is 29.3 Å². The van der Waals surface area contributed by atoms with Gasteiger partial charge in [0.15, 0.2) is 5.96 Å². The van der Waals surface area contributed by atoms with Crippen molar-refractivity contribution in [3.63, 3.8) is 0 Å². The number of anilines is 1. The summed E-state index contributed by atoms with van der Waals surface area (Å²) in [5.41, 5.74) is 4.08. The summed E-state index contributed by atoms with van der Waals surface area (Å²) in [5.74, 6) is 1.17. The summed E-state index contributed by atoms with van der Waals surface area (Å²) < 4.78 is 0. The van der Waals surface area contributed by atoms with Crippen LogP contribution in [0.5, 0.6) is 0 Å². The van der Waals surface area contributed by atoms with Crippen LogP contribution in [0.1, 0.15) is 25.0 Å². The third-order valence-corrected chi connectivity index (χ3v) is 4.70. The number of piperazine rings is 1. The van der Waals surface area contributed by atoms with Crippen LogP contribution in [0.4, 0.5) is 5.69 Å². The Morgan fingerprint density at radius 3 is 2.52 bits per heavy atom. The van der Waals surface area contributed by atoms with Crippen LogP contribution < -0.4 is 10.2 Å². The summed E-state index contributed by atoms with van der Waals surface area (Å²) in [7, 11) is 0. The summed E-state index contributed by atoms with van der Waals surface area (Å²) >= 11 is 0. The molecule has 1 unspecified atom stereocenters. The molecule has 0 saturated carbocycles. The number of aliphatic imine (C=N–C) groups is 1. The molecule has 0 bridgehead atoms. The van der Waals surface area contributed by atoms with Gasteiger partial charge < -0.3 is 20.2 Å². The van der Waals surface area contributed by atoms with Gasteiger partial charge in [-0.05, 0) is 43.9 Å². The molecule has 1 atom stereocenters. The first kappa shape index (κ1) is 22.0. The van der Waals surface area contributed by atoms with E-state index in [1.165, 1.54) is 16.8 Å². The topological polar surface area (TPSA) is 51.1 Å². The van der Waals surface area contributed by atoms with Gasteiger partial charge in [0, 0.05) is 51.6 Å². The summed E-state index contributed by atoms with van der Waals surface area (Å²) in [6.45, 7) is 14.1. The quantitative estimate of drug-likeness (QED) is 0.403. The van der Waals surface area contributed by atoms with Crippen molar-refractivity contribution in [3.8, 4) is 0 Å². The molecule has 1 aromatic rings. The second kappa shape index (κ2) is 10.9. The van der Waals surface area contributed by atoms with Crippen molar-refractivity contribution in [1.29, 1.82) is 0 Å². The van der Waals surface area contributed by atoms with Crippen molar-refractivity contribution >= 4 is 35.6 Å². The van der Waals surface area contributed by atoms with E-state index in [1.54, 1.807) is 0 Å². The second-order valence-electron chi connectivity index (χ2n) is 6.68. The smallest absolute Gasteiger partial charge is 0.194 e. The Morgan fingerprint density at radius 2 is 1.92 bits per heavy atom. The molecule has 1 saturated heterocycles. The maximum absolute atomic E-state index is 9.19. The third kappa shape index (κ3) is 6.02. The first-order valence-electron chi connectivity index (χ1n) is 9.02. The Kier molecular flexibility index (Phi) is 9.56. The number of hydrogen-bond acceptors (Lipinski definition) is 3. The lowest BCUT2D eigenvalue weighted by molar-refractivity contribution is 0.241. The van der Waals surface area contributed by atoms with Gasteiger partial charge in [0.25, 0.3) is 0 Å². The molecule has 25 heavy (non-hydrogen) atoms. The number of benzene rings is 1. The van der Waals surface area contributed by atoms with E-state index < -0.39 is 0 Å². The highest BCUT2D eigenvalue weighted by atomic mass is 127. The van der Waals surface area contributed by atoms with Crippen LogP contribution >= 0.6 is 24.0 Å². The van der Waals surface area contributed by atoms with Gasteiger partial charge in [-0.15, -0.1) is 24.0 Å². The molecule has 5 nitrogen and oxygen atoms in total. The zero-order chi connectivity index (χ0) is 17.5. The standard InChI is InChI=1S/C19H32N4O.HI/c1-5-20-19(21-13-15(2)14-24)23-11-9-22(10-12-23)18-8-6-7-16(3)17(18)4;/h6-8,15,24H,5,9-14H2,1-4H3,(H,20,21);1H. The number of aliphatic hydroxyl groups is 1. The summed E-state index contributed by atoms with van der Waals surface area (Å²) in [5, 5.41) is 12.6. The molecule has 0 spiro atoms. The number of halogens is 1. The van der Waals surface area contributed by atoms with Gasteiger partial charge in [-0.2, -0.15) is 0 Å². The lowest BCUT2D eigenvalue weighted by Gasteiger charge is -2.38. The van der Waals surface area contributed by atoms with Crippen molar-refractivity contribution in [1.82, 2.24) is 10.2 Å². The molecular formula is C19H33IN4O. The largest absolute Gasteiger partial charge is 0.396 e. The fourth-order valence-corrected chi connectivity index (χ4v) is 2.96. The van der Waals surface area contributed by atoms with Crippen LogP contribution in [0.3, 0.4) is 0 Å². The number of aryl methyl sites for hydroxylation is 1. The number of nitrogens with one attached hydrogen (secondary N) is 1. The number of guanidine groups is 1. The average molecular weight is 460 g/mol. The molecule has 1 heterocycles. The van der Waals surface area contributed by atoms with E-state index >= 15 is 0 Å². The van der Waals surface area contributed by atoms with Crippen LogP contribution in [0.15, 0.2) is 23.2 Å². The lowest BCUT2D eigenvalue weighted by Crippen LogP contribution is -2.52. The zero-order valence-electron chi connectivity index (χ0n) is 16.0. The Bertz CT molecular complexity index is 556. The second-order valence-corrected chi connectivity index (χ2v) is 6.68. The molecule has 1 aromatic carbocycles. The highest BCUT2D eigenvalue weighted by molar-refractivity contribution is 14.0. The number of rotatable bonds is 5. The van der Waals surface area contributed by atoms with Crippen molar-refractivity contribution < 1.29 is 5.11 Å². The zero-order valence-corrected chi connectivity index (χ0v) is 18.3. The van der Waals surface area contributed by atoms with E-state index in [1.807, 2.05) is 6.92 Å². The molecule has 0 aliphatic carbocycles. The van der Waals surface area contributed by atoms with E-state index in [-0.39, 0.29) is 36.5 Å². The molecule has 1 aliphatic rings. The van der Waals surface area contributed by atoms with Gasteiger partial charge in [0.2, 0.25) is 0 Å². The van der Waals surface area contributed by atoms with Crippen molar-refractivity contribution in [2.75, 3.05) is 50.8 Å². The van der Waals surface area contributed by atoms with Crippen LogP contribution in [0, 0.1) is 19.8 Å². The SMILES string of the molecule is CCNC(=NCC(C)CO)N1CCN(c2cccc(C)c2C)CC1.I. The highest BCUT2D eigenvalue weighted by Gasteiger charge is 2.21. The van der Waals surface area contributed by atoms with Crippen molar-refractivity contribution in [2.24, 2.45) is 10.9 Å². The van der Waals surface area contributed by atoms with Crippen LogP contribution in [-0.4, -0.2) is 61.8 Å². The van der Waals surface area contributed by atoms with Gasteiger partial charge in [0.1, 0.15) is 0 Å². The highest BCUT2D eigenvalue weighted by Crippen LogP contribution is 2.23. The van der Waals surface area contributed by atoms with Gasteiger partial charge >= 0.3 is 0 Å². The number of aliphatic hydroxyl groups excluding tert-OH is 1. The van der Waals surface area contributed by atoms with E-state index in [2.05, 4.69) is 54.1 Å². The van der Waals surface area contributed by atoms with Gasteiger partial charge in [0.05, 0.1) is 0 Å². The van der Waals surface area contributed by atoms with Crippen LogP contribution in [0.25, 0.3) is 0 Å². The summed E-state index contributed by atoms with van der Waals surface area (Å²) in [6, 6.07) is 6.54. The van der Waals surface area contributed by atoms with Gasteiger partial charge in [-0.3, -0.25) is 4.99 Å². The lowest BCUT2D eigenvalue weighted by atomic mass is 10.1. The Morgan fingerprint density at radius 1 is 1.24 bits per heavy atom. The van der Waals surface area contributed by atoms with E-state index in [0.717, 1.165) is 38.7 Å². The number of hydrogen-bond donors (Lipinski definition) is 2. The van der Waals surface area contributed by atoms with Crippen LogP contribution in [0.2, 0.25) is 0 Å². The first-order valence-corrected chi connectivity index (χ1v) is 9.02. The minimum atomic E-state index is 0. The minimum Gasteiger partial charge on any atom is -0.396 e. The molecule has 1 aliphatic heterocycles. The molecule has 0 radical (unpaired) electrons. The molecule has 2 rings (SSSR count). The molecule has 0 aromatic heterocycles. The van der Waals surface area contributed by atoms with E-state index in [4.69, 9.17) is 4.99 Å². The van der Waals surface area contributed by atoms with E-state index in [9.17, 15) is 5.11 Å². The Labute approximate surface area is 169 Å². The van der Waals surface area contributed by atoms with E-state index in [0.29, 0.717) is 6.54 Å². The molecule has 1 fully saturated rings. The Balaban J connectivity index is 0.00000312. The normalized spacial score (nSPS) is 16.4. The molecular weight excluding hydrogens is 427 g/mol. The van der Waals surface area contributed by atoms with Crippen molar-refractivity contribution in [2.45, 2.75) is 27.7 Å². The predicted octanol–water partition coefficient (Wildman–Crippen LogP) is 2.64. The molecule has 0 amide bonds. The average Bonchev–Trinajstić information content (AvgIpc) is 2.61. The molecule has 6 heteroatoms. The van der Waals surface area contributed by atoms with Crippen LogP contribution in [-0.2, 0) is 0 Å². The predicted molar refractivity (Wildman–Crippen MR) is 117 cm³/mol. The fourth-order valence-electron chi connectivity index (χ4n) is 2.96. The first-order chi connectivity index (χ1) is 11.6. The monoisotopic (exact) mass is 460 g/mol. The molecule has 142 valence electrons. The van der Waals surface area contributed by atoms with Gasteiger partial charge in [-0.1, -0.05) is 19.1 Å². The minimum absolute atomic E-state index is 0. The Hall–Kier alpha value is -1.02. The van der Waals surface area contributed by atoms with Gasteiger partial charge in [-0.25, -0.2) is 0 Å². The molecule has 2 N–H and O–H groups in total. The maximum atomic E-state index is 9.19. The summed E-state index contributed by atoms with van der Waals surface area (Å²) in [6.07, 6.45) is 0. The number of nitrogens with zero attached hydrogens (tertiary/aromatic N) is 3. The fraction of sp³-hybridized carbons (Fsp3) is 0.632. The maximum Gasteiger partial charge on any atom is 0.194 e. The third-order valence-electron chi connectivity index (χ3n) is 4.70. The summed E-state index contributed by atoms with van der Waals surface area (Å²) in [4.78, 5) is 9.49.